The predicted octanol–water partition coefficient (Wildman–Crippen LogP) is 4.94. The van der Waals surface area contributed by atoms with Crippen molar-refractivity contribution in [3.63, 3.8) is 0 Å². The Hall–Kier alpha value is -2.84. The van der Waals surface area contributed by atoms with E-state index >= 15 is 0 Å². The smallest absolute Gasteiger partial charge is 0.273 e. The van der Waals surface area contributed by atoms with Crippen LogP contribution in [0.15, 0.2) is 57.0 Å². The first-order chi connectivity index (χ1) is 14.3. The lowest BCUT2D eigenvalue weighted by molar-refractivity contribution is 0.0693. The molecule has 1 aromatic carbocycles. The maximum Gasteiger partial charge on any atom is 0.273 e. The molecule has 146 valence electrons. The third-order valence-electron chi connectivity index (χ3n) is 5.01. The molecule has 0 unspecified atom stereocenters. The van der Waals surface area contributed by atoms with Gasteiger partial charge in [0.15, 0.2) is 0 Å². The van der Waals surface area contributed by atoms with Crippen LogP contribution in [0.2, 0.25) is 0 Å². The molecule has 4 heterocycles. The summed E-state index contributed by atoms with van der Waals surface area (Å²) in [5.41, 5.74) is 2.47. The average Bonchev–Trinajstić information content (AvgIpc) is 3.55. The lowest BCUT2D eigenvalue weighted by Gasteiger charge is -2.30. The largest absolute Gasteiger partial charge is 0.420 e. The van der Waals surface area contributed by atoms with Crippen LogP contribution in [-0.4, -0.2) is 39.1 Å². The van der Waals surface area contributed by atoms with E-state index < -0.39 is 0 Å². The van der Waals surface area contributed by atoms with Crippen molar-refractivity contribution >= 4 is 28.6 Å². The second kappa shape index (κ2) is 7.88. The van der Waals surface area contributed by atoms with Crippen LogP contribution >= 0.6 is 22.7 Å². The van der Waals surface area contributed by atoms with Gasteiger partial charge in [0.2, 0.25) is 11.8 Å². The number of hydrogen-bond donors (Lipinski definition) is 0. The van der Waals surface area contributed by atoms with Gasteiger partial charge in [-0.3, -0.25) is 4.79 Å². The fourth-order valence-electron chi connectivity index (χ4n) is 3.51. The van der Waals surface area contributed by atoms with E-state index in [0.29, 0.717) is 24.0 Å². The number of hydrogen-bond acceptors (Lipinski definition) is 7. The van der Waals surface area contributed by atoms with Crippen molar-refractivity contribution in [1.29, 1.82) is 0 Å². The number of rotatable bonds is 4. The maximum absolute atomic E-state index is 13.0. The van der Waals surface area contributed by atoms with Gasteiger partial charge in [-0.1, -0.05) is 30.3 Å². The molecule has 1 aliphatic heterocycles. The molecule has 29 heavy (non-hydrogen) atoms. The standard InChI is InChI=1S/C21H18N4O2S2/c26-21(17-13-29-20(22-17)14-5-2-1-3-6-14)25-9-4-7-15(11-25)18-23-24-19(27-18)16-8-10-28-12-16/h1-3,5-6,8,10,12-13,15H,4,7,9,11H2/t15-/m0/s1. The Bertz CT molecular complexity index is 1100. The van der Waals surface area contributed by atoms with Gasteiger partial charge in [-0.15, -0.1) is 21.5 Å². The molecule has 8 heteroatoms. The molecule has 1 fully saturated rings. The van der Waals surface area contributed by atoms with E-state index in [1.54, 1.807) is 11.3 Å². The highest BCUT2D eigenvalue weighted by atomic mass is 32.1. The topological polar surface area (TPSA) is 72.1 Å². The number of nitrogens with zero attached hydrogens (tertiary/aromatic N) is 4. The lowest BCUT2D eigenvalue weighted by Crippen LogP contribution is -2.39. The zero-order valence-electron chi connectivity index (χ0n) is 15.5. The van der Waals surface area contributed by atoms with Crippen molar-refractivity contribution in [1.82, 2.24) is 20.1 Å². The molecule has 1 amide bonds. The molecule has 3 aromatic heterocycles. The van der Waals surface area contributed by atoms with E-state index in [-0.39, 0.29) is 11.8 Å². The summed E-state index contributed by atoms with van der Waals surface area (Å²) in [7, 11) is 0. The molecule has 0 saturated carbocycles. The van der Waals surface area contributed by atoms with Crippen LogP contribution in [0.1, 0.15) is 35.1 Å². The minimum atomic E-state index is -0.0364. The van der Waals surface area contributed by atoms with Gasteiger partial charge in [-0.25, -0.2) is 4.98 Å². The molecular formula is C21H18N4O2S2. The molecule has 5 rings (SSSR count). The van der Waals surface area contributed by atoms with Crippen LogP contribution in [0.25, 0.3) is 22.0 Å². The quantitative estimate of drug-likeness (QED) is 0.466. The number of benzene rings is 1. The summed E-state index contributed by atoms with van der Waals surface area (Å²) in [6.07, 6.45) is 1.84. The van der Waals surface area contributed by atoms with Gasteiger partial charge in [0.25, 0.3) is 5.91 Å². The number of piperidine rings is 1. The normalized spacial score (nSPS) is 16.8. The van der Waals surface area contributed by atoms with E-state index in [2.05, 4.69) is 15.2 Å². The molecule has 0 radical (unpaired) electrons. The Morgan fingerprint density at radius 1 is 1.10 bits per heavy atom. The van der Waals surface area contributed by atoms with E-state index in [0.717, 1.165) is 35.5 Å². The Morgan fingerprint density at radius 2 is 2.00 bits per heavy atom. The summed E-state index contributed by atoms with van der Waals surface area (Å²) in [5, 5.41) is 15.1. The van der Waals surface area contributed by atoms with Crippen LogP contribution in [0.3, 0.4) is 0 Å². The summed E-state index contributed by atoms with van der Waals surface area (Å²) in [4.78, 5) is 19.4. The highest BCUT2D eigenvalue weighted by Crippen LogP contribution is 2.30. The molecule has 0 spiro atoms. The number of carbonyl (C=O) groups is 1. The van der Waals surface area contributed by atoms with E-state index in [4.69, 9.17) is 4.42 Å². The molecule has 4 aromatic rings. The number of likely N-dealkylation sites (tertiary alicyclic amines) is 1. The number of amides is 1. The van der Waals surface area contributed by atoms with Gasteiger partial charge in [0, 0.05) is 35.0 Å². The average molecular weight is 423 g/mol. The summed E-state index contributed by atoms with van der Waals surface area (Å²) >= 11 is 3.09. The third-order valence-corrected chi connectivity index (χ3v) is 6.59. The van der Waals surface area contributed by atoms with Gasteiger partial charge >= 0.3 is 0 Å². The van der Waals surface area contributed by atoms with Gasteiger partial charge in [-0.2, -0.15) is 11.3 Å². The second-order valence-electron chi connectivity index (χ2n) is 6.95. The Labute approximate surface area is 175 Å². The number of aromatic nitrogens is 3. The maximum atomic E-state index is 13.0. The molecule has 0 N–H and O–H groups in total. The van der Waals surface area contributed by atoms with Crippen molar-refractivity contribution < 1.29 is 9.21 Å². The molecule has 0 bridgehead atoms. The van der Waals surface area contributed by atoms with Crippen LogP contribution in [0, 0.1) is 0 Å². The molecule has 1 atom stereocenters. The van der Waals surface area contributed by atoms with Crippen molar-refractivity contribution in [2.45, 2.75) is 18.8 Å². The van der Waals surface area contributed by atoms with E-state index in [9.17, 15) is 4.79 Å². The molecule has 1 aliphatic rings. The zero-order chi connectivity index (χ0) is 19.6. The summed E-state index contributed by atoms with van der Waals surface area (Å²) in [6.45, 7) is 1.29. The van der Waals surface area contributed by atoms with Crippen LogP contribution in [-0.2, 0) is 0 Å². The van der Waals surface area contributed by atoms with Crippen molar-refractivity contribution in [2.24, 2.45) is 0 Å². The first-order valence-corrected chi connectivity index (χ1v) is 11.3. The molecular weight excluding hydrogens is 404 g/mol. The van der Waals surface area contributed by atoms with Crippen LogP contribution in [0.4, 0.5) is 0 Å². The second-order valence-corrected chi connectivity index (χ2v) is 8.59. The molecule has 1 saturated heterocycles. The fraction of sp³-hybridized carbons (Fsp3) is 0.238. The number of thiazole rings is 1. The Morgan fingerprint density at radius 3 is 2.83 bits per heavy atom. The van der Waals surface area contributed by atoms with Gasteiger partial charge < -0.3 is 9.32 Å². The van der Waals surface area contributed by atoms with Gasteiger partial charge in [-0.05, 0) is 24.3 Å². The number of carbonyl (C=O) groups excluding carboxylic acids is 1. The monoisotopic (exact) mass is 422 g/mol. The minimum absolute atomic E-state index is 0.0364. The van der Waals surface area contributed by atoms with Crippen molar-refractivity contribution in [3.05, 3.63) is 64.1 Å². The first-order valence-electron chi connectivity index (χ1n) is 9.44. The fourth-order valence-corrected chi connectivity index (χ4v) is 4.94. The van der Waals surface area contributed by atoms with Crippen LogP contribution < -0.4 is 0 Å². The Kier molecular flexibility index (Phi) is 4.95. The van der Waals surface area contributed by atoms with Crippen molar-refractivity contribution in [2.75, 3.05) is 13.1 Å². The zero-order valence-corrected chi connectivity index (χ0v) is 17.2. The lowest BCUT2D eigenvalue weighted by atomic mass is 9.98. The summed E-state index contributed by atoms with van der Waals surface area (Å²) < 4.78 is 5.90. The van der Waals surface area contributed by atoms with Crippen LogP contribution in [0.5, 0.6) is 0 Å². The third kappa shape index (κ3) is 3.73. The highest BCUT2D eigenvalue weighted by Gasteiger charge is 2.30. The molecule has 0 aliphatic carbocycles. The SMILES string of the molecule is O=C(c1csc(-c2ccccc2)n1)N1CCC[C@H](c2nnc(-c3ccsc3)o2)C1. The van der Waals surface area contributed by atoms with Gasteiger partial charge in [0.1, 0.15) is 10.7 Å². The predicted molar refractivity (Wildman–Crippen MR) is 113 cm³/mol. The molecule has 6 nitrogen and oxygen atoms in total. The first kappa shape index (κ1) is 18.2. The minimum Gasteiger partial charge on any atom is -0.420 e. The number of thiophene rings is 1. The van der Waals surface area contributed by atoms with E-state index in [1.807, 2.05) is 57.4 Å². The summed E-state index contributed by atoms with van der Waals surface area (Å²) in [5.74, 6) is 1.16. The van der Waals surface area contributed by atoms with E-state index in [1.165, 1.54) is 11.3 Å². The van der Waals surface area contributed by atoms with Crippen molar-refractivity contribution in [3.8, 4) is 22.0 Å². The highest BCUT2D eigenvalue weighted by molar-refractivity contribution is 7.13. The summed E-state index contributed by atoms with van der Waals surface area (Å²) in [6, 6.07) is 11.9. The Balaban J connectivity index is 1.31. The van der Waals surface area contributed by atoms with Gasteiger partial charge in [0.05, 0.1) is 5.92 Å².